The minimum atomic E-state index is -0.586. The molecule has 21 heavy (non-hydrogen) atoms. The lowest BCUT2D eigenvalue weighted by Gasteiger charge is -2.31. The number of carbonyl (C=O) groups excluding carboxylic acids is 2. The van der Waals surface area contributed by atoms with Crippen LogP contribution in [0.4, 0.5) is 11.4 Å². The first-order valence-electron chi connectivity index (χ1n) is 6.44. The lowest BCUT2D eigenvalue weighted by Crippen LogP contribution is -2.52. The van der Waals surface area contributed by atoms with Crippen LogP contribution >= 0.6 is 0 Å². The Hall–Kier alpha value is -2.64. The standard InChI is InChI=1S/C13H16N4O4/c1-14-11-9(4-3-5-10(11)17(20)21)8-16-7-6-15(2)12(18)13(16)19/h3-5,14H,6-8H2,1-2H3. The highest BCUT2D eigenvalue weighted by Gasteiger charge is 2.31. The number of anilines is 1. The summed E-state index contributed by atoms with van der Waals surface area (Å²) in [5.74, 6) is -1.14. The Morgan fingerprint density at radius 2 is 2.00 bits per heavy atom. The molecule has 0 aromatic heterocycles. The number of rotatable bonds is 4. The highest BCUT2D eigenvalue weighted by molar-refractivity contribution is 6.35. The zero-order valence-corrected chi connectivity index (χ0v) is 11.8. The number of nitro benzene ring substituents is 1. The smallest absolute Gasteiger partial charge is 0.312 e. The molecule has 1 N–H and O–H groups in total. The topological polar surface area (TPSA) is 95.8 Å². The van der Waals surface area contributed by atoms with E-state index in [1.165, 1.54) is 15.9 Å². The number of nitrogens with zero attached hydrogens (tertiary/aromatic N) is 3. The first-order chi connectivity index (χ1) is 9.95. The highest BCUT2D eigenvalue weighted by atomic mass is 16.6. The van der Waals surface area contributed by atoms with Crippen LogP contribution in [0.15, 0.2) is 18.2 Å². The molecule has 1 aromatic carbocycles. The maximum Gasteiger partial charge on any atom is 0.312 e. The van der Waals surface area contributed by atoms with Crippen LogP contribution in [0.5, 0.6) is 0 Å². The van der Waals surface area contributed by atoms with Crippen molar-refractivity contribution >= 4 is 23.2 Å². The van der Waals surface area contributed by atoms with Gasteiger partial charge in [-0.15, -0.1) is 0 Å². The van der Waals surface area contributed by atoms with E-state index in [1.807, 2.05) is 0 Å². The molecule has 1 aliphatic heterocycles. The molecule has 1 aromatic rings. The lowest BCUT2D eigenvalue weighted by molar-refractivity contribution is -0.384. The summed E-state index contributed by atoms with van der Waals surface area (Å²) in [4.78, 5) is 36.9. The van der Waals surface area contributed by atoms with Gasteiger partial charge in [-0.3, -0.25) is 19.7 Å². The SMILES string of the molecule is CNc1c(CN2CCN(C)C(=O)C2=O)cccc1[N+](=O)[O-]. The molecule has 1 heterocycles. The van der Waals surface area contributed by atoms with Crippen molar-refractivity contribution in [2.75, 3.05) is 32.5 Å². The van der Waals surface area contributed by atoms with E-state index in [0.29, 0.717) is 24.3 Å². The normalized spacial score (nSPS) is 15.3. The highest BCUT2D eigenvalue weighted by Crippen LogP contribution is 2.29. The first kappa shape index (κ1) is 14.8. The van der Waals surface area contributed by atoms with Crippen molar-refractivity contribution in [1.29, 1.82) is 0 Å². The summed E-state index contributed by atoms with van der Waals surface area (Å²) >= 11 is 0. The summed E-state index contributed by atoms with van der Waals surface area (Å²) in [5, 5.41) is 13.8. The molecule has 0 atom stereocenters. The first-order valence-corrected chi connectivity index (χ1v) is 6.44. The Morgan fingerprint density at radius 3 is 2.62 bits per heavy atom. The maximum atomic E-state index is 11.9. The van der Waals surface area contributed by atoms with E-state index in [-0.39, 0.29) is 12.2 Å². The van der Waals surface area contributed by atoms with Gasteiger partial charge in [0.1, 0.15) is 5.69 Å². The number of amides is 2. The Bertz CT molecular complexity index is 602. The number of likely N-dealkylation sites (N-methyl/N-ethyl adjacent to an activating group) is 1. The fourth-order valence-electron chi connectivity index (χ4n) is 2.29. The van der Waals surface area contributed by atoms with Gasteiger partial charge in [0.25, 0.3) is 5.69 Å². The van der Waals surface area contributed by atoms with E-state index in [4.69, 9.17) is 0 Å². The zero-order chi connectivity index (χ0) is 15.6. The molecule has 0 bridgehead atoms. The fraction of sp³-hybridized carbons (Fsp3) is 0.385. The van der Waals surface area contributed by atoms with Crippen LogP contribution in [0.1, 0.15) is 5.56 Å². The summed E-state index contributed by atoms with van der Waals surface area (Å²) < 4.78 is 0. The Kier molecular flexibility index (Phi) is 4.06. The van der Waals surface area contributed by atoms with Crippen molar-refractivity contribution in [2.45, 2.75) is 6.54 Å². The molecule has 0 aliphatic carbocycles. The Morgan fingerprint density at radius 1 is 1.29 bits per heavy atom. The van der Waals surface area contributed by atoms with Crippen molar-refractivity contribution in [3.05, 3.63) is 33.9 Å². The molecule has 1 fully saturated rings. The van der Waals surface area contributed by atoms with Crippen LogP contribution in [0, 0.1) is 10.1 Å². The van der Waals surface area contributed by atoms with Gasteiger partial charge in [-0.05, 0) is 0 Å². The second-order valence-corrected chi connectivity index (χ2v) is 4.77. The van der Waals surface area contributed by atoms with Crippen LogP contribution in [0.25, 0.3) is 0 Å². The number of hydrogen-bond donors (Lipinski definition) is 1. The molecule has 0 saturated carbocycles. The zero-order valence-electron chi connectivity index (χ0n) is 11.8. The summed E-state index contributed by atoms with van der Waals surface area (Å²) in [5.41, 5.74) is 0.919. The molecule has 8 nitrogen and oxygen atoms in total. The monoisotopic (exact) mass is 292 g/mol. The van der Waals surface area contributed by atoms with E-state index < -0.39 is 16.7 Å². The van der Waals surface area contributed by atoms with E-state index in [9.17, 15) is 19.7 Å². The second-order valence-electron chi connectivity index (χ2n) is 4.77. The number of carbonyl (C=O) groups is 2. The molecule has 0 unspecified atom stereocenters. The second kappa shape index (κ2) is 5.78. The average Bonchev–Trinajstić information content (AvgIpc) is 2.47. The molecule has 2 amide bonds. The Labute approximate surface area is 121 Å². The van der Waals surface area contributed by atoms with Crippen molar-refractivity contribution in [3.63, 3.8) is 0 Å². The molecule has 0 radical (unpaired) electrons. The summed E-state index contributed by atoms with van der Waals surface area (Å²) in [6.07, 6.45) is 0. The number of hydrogen-bond acceptors (Lipinski definition) is 5. The van der Waals surface area contributed by atoms with Gasteiger partial charge < -0.3 is 15.1 Å². The van der Waals surface area contributed by atoms with Crippen LogP contribution in [0.3, 0.4) is 0 Å². The largest absolute Gasteiger partial charge is 0.382 e. The summed E-state index contributed by atoms with van der Waals surface area (Å²) in [6.45, 7) is 1.03. The molecular weight excluding hydrogens is 276 g/mol. The summed E-state index contributed by atoms with van der Waals surface area (Å²) in [7, 11) is 3.16. The van der Waals surface area contributed by atoms with Crippen molar-refractivity contribution < 1.29 is 14.5 Å². The van der Waals surface area contributed by atoms with Gasteiger partial charge in [0.15, 0.2) is 0 Å². The number of nitrogens with one attached hydrogen (secondary N) is 1. The molecule has 8 heteroatoms. The lowest BCUT2D eigenvalue weighted by atomic mass is 10.1. The van der Waals surface area contributed by atoms with E-state index >= 15 is 0 Å². The minimum Gasteiger partial charge on any atom is -0.382 e. The molecule has 1 aliphatic rings. The third-order valence-electron chi connectivity index (χ3n) is 3.46. The van der Waals surface area contributed by atoms with Crippen molar-refractivity contribution in [2.24, 2.45) is 0 Å². The van der Waals surface area contributed by atoms with Crippen LogP contribution in [-0.2, 0) is 16.1 Å². The van der Waals surface area contributed by atoms with Crippen LogP contribution < -0.4 is 5.32 Å². The third kappa shape index (κ3) is 2.78. The minimum absolute atomic E-state index is 0.0529. The van der Waals surface area contributed by atoms with Gasteiger partial charge >= 0.3 is 11.8 Å². The fourth-order valence-corrected chi connectivity index (χ4v) is 2.29. The molecular formula is C13H16N4O4. The van der Waals surface area contributed by atoms with Gasteiger partial charge in [-0.2, -0.15) is 0 Å². The van der Waals surface area contributed by atoms with Gasteiger partial charge in [0.05, 0.1) is 4.92 Å². The quantitative estimate of drug-likeness (QED) is 0.493. The van der Waals surface area contributed by atoms with E-state index in [2.05, 4.69) is 5.32 Å². The van der Waals surface area contributed by atoms with E-state index in [1.54, 1.807) is 26.2 Å². The Balaban J connectivity index is 2.28. The molecule has 1 saturated heterocycles. The maximum absolute atomic E-state index is 11.9. The predicted molar refractivity (Wildman–Crippen MR) is 75.7 cm³/mol. The van der Waals surface area contributed by atoms with E-state index in [0.717, 1.165) is 0 Å². The van der Waals surface area contributed by atoms with Crippen LogP contribution in [-0.4, -0.2) is 53.7 Å². The predicted octanol–water partition coefficient (Wildman–Crippen LogP) is 0.437. The molecule has 0 spiro atoms. The number of nitro groups is 1. The molecule has 112 valence electrons. The van der Waals surface area contributed by atoms with Crippen LogP contribution in [0.2, 0.25) is 0 Å². The number of para-hydroxylation sites is 1. The number of benzene rings is 1. The molecule has 2 rings (SSSR count). The third-order valence-corrected chi connectivity index (χ3v) is 3.46. The summed E-state index contributed by atoms with van der Waals surface area (Å²) in [6, 6.07) is 4.66. The van der Waals surface area contributed by atoms with Gasteiger partial charge in [0.2, 0.25) is 0 Å². The van der Waals surface area contributed by atoms with Crippen molar-refractivity contribution in [3.8, 4) is 0 Å². The van der Waals surface area contributed by atoms with Gasteiger partial charge in [-0.1, -0.05) is 12.1 Å². The number of piperazine rings is 1. The van der Waals surface area contributed by atoms with Gasteiger partial charge in [0, 0.05) is 45.4 Å². The van der Waals surface area contributed by atoms with Gasteiger partial charge in [-0.25, -0.2) is 0 Å². The van der Waals surface area contributed by atoms with Crippen molar-refractivity contribution in [1.82, 2.24) is 9.80 Å². The average molecular weight is 292 g/mol.